The smallest absolute Gasteiger partial charge is 0.0832 e. The molecule has 19 heavy (non-hydrogen) atoms. The Bertz CT molecular complexity index is 255. The van der Waals surface area contributed by atoms with E-state index in [4.69, 9.17) is 15.2 Å². The minimum Gasteiger partial charge on any atom is -0.381 e. The molecule has 0 aromatic rings. The van der Waals surface area contributed by atoms with Crippen molar-refractivity contribution in [1.82, 2.24) is 0 Å². The molecule has 0 spiro atoms. The molecule has 2 N–H and O–H groups in total. The summed E-state index contributed by atoms with van der Waals surface area (Å²) in [6.07, 6.45) is 8.28. The quantitative estimate of drug-likeness (QED) is 0.834. The lowest BCUT2D eigenvalue weighted by atomic mass is 9.73. The maximum Gasteiger partial charge on any atom is 0.0832 e. The molecule has 1 aliphatic heterocycles. The summed E-state index contributed by atoms with van der Waals surface area (Å²) in [5.41, 5.74) is 6.54. The lowest BCUT2D eigenvalue weighted by molar-refractivity contribution is -0.0945. The van der Waals surface area contributed by atoms with E-state index in [1.807, 2.05) is 0 Å². The van der Waals surface area contributed by atoms with Crippen LogP contribution in [0.2, 0.25) is 0 Å². The lowest BCUT2D eigenvalue weighted by Gasteiger charge is -2.44. The van der Waals surface area contributed by atoms with Crippen LogP contribution in [-0.4, -0.2) is 31.5 Å². The van der Waals surface area contributed by atoms with Crippen LogP contribution in [0.1, 0.15) is 58.8 Å². The van der Waals surface area contributed by atoms with Crippen molar-refractivity contribution in [3.63, 3.8) is 0 Å². The third-order valence-corrected chi connectivity index (χ3v) is 5.16. The van der Waals surface area contributed by atoms with Crippen molar-refractivity contribution >= 4 is 0 Å². The molecule has 1 unspecified atom stereocenters. The maximum absolute atomic E-state index is 6.58. The second-order valence-corrected chi connectivity index (χ2v) is 6.58. The Morgan fingerprint density at radius 3 is 2.42 bits per heavy atom. The van der Waals surface area contributed by atoms with E-state index in [1.54, 1.807) is 0 Å². The molecule has 1 aliphatic carbocycles. The van der Waals surface area contributed by atoms with E-state index in [9.17, 15) is 0 Å². The maximum atomic E-state index is 6.58. The molecule has 1 heterocycles. The van der Waals surface area contributed by atoms with Crippen LogP contribution in [0, 0.1) is 11.8 Å². The van der Waals surface area contributed by atoms with Crippen LogP contribution in [0.5, 0.6) is 0 Å². The predicted molar refractivity (Wildman–Crippen MR) is 78.1 cm³/mol. The molecule has 2 fully saturated rings. The van der Waals surface area contributed by atoms with Gasteiger partial charge in [-0.25, -0.2) is 0 Å². The van der Waals surface area contributed by atoms with E-state index in [1.165, 1.54) is 25.7 Å². The van der Waals surface area contributed by atoms with Gasteiger partial charge < -0.3 is 15.2 Å². The fourth-order valence-corrected chi connectivity index (χ4v) is 3.72. The summed E-state index contributed by atoms with van der Waals surface area (Å²) in [6, 6.07) is 0.197. The van der Waals surface area contributed by atoms with Gasteiger partial charge in [0.2, 0.25) is 0 Å². The van der Waals surface area contributed by atoms with Crippen LogP contribution < -0.4 is 5.73 Å². The van der Waals surface area contributed by atoms with Crippen molar-refractivity contribution in [3.05, 3.63) is 0 Å². The summed E-state index contributed by atoms with van der Waals surface area (Å²) in [6.45, 7) is 7.06. The average molecular weight is 269 g/mol. The normalized spacial score (nSPS) is 35.2. The molecule has 2 rings (SSSR count). The zero-order chi connectivity index (χ0) is 13.7. The molecular weight excluding hydrogens is 238 g/mol. The van der Waals surface area contributed by atoms with Crippen LogP contribution in [0.3, 0.4) is 0 Å². The van der Waals surface area contributed by atoms with Crippen LogP contribution >= 0.6 is 0 Å². The van der Waals surface area contributed by atoms with Gasteiger partial charge in [0.15, 0.2) is 0 Å². The van der Waals surface area contributed by atoms with Gasteiger partial charge in [-0.3, -0.25) is 0 Å². The summed E-state index contributed by atoms with van der Waals surface area (Å²) < 4.78 is 11.6. The van der Waals surface area contributed by atoms with Gasteiger partial charge in [-0.2, -0.15) is 0 Å². The van der Waals surface area contributed by atoms with Crippen molar-refractivity contribution in [3.8, 4) is 0 Å². The second kappa shape index (κ2) is 7.05. The van der Waals surface area contributed by atoms with Crippen molar-refractivity contribution < 1.29 is 9.47 Å². The first-order valence-corrected chi connectivity index (χ1v) is 8.13. The van der Waals surface area contributed by atoms with Gasteiger partial charge in [0.25, 0.3) is 0 Å². The molecule has 0 aromatic heterocycles. The highest BCUT2D eigenvalue weighted by Gasteiger charge is 2.41. The van der Waals surface area contributed by atoms with Gasteiger partial charge in [-0.15, -0.1) is 0 Å². The Balaban J connectivity index is 1.93. The molecule has 3 heteroatoms. The lowest BCUT2D eigenvalue weighted by Crippen LogP contribution is -2.53. The van der Waals surface area contributed by atoms with Gasteiger partial charge in [-0.1, -0.05) is 6.92 Å². The topological polar surface area (TPSA) is 44.5 Å². The molecule has 0 aromatic carbocycles. The fourth-order valence-electron chi connectivity index (χ4n) is 3.72. The first-order chi connectivity index (χ1) is 9.16. The van der Waals surface area contributed by atoms with Crippen molar-refractivity contribution in [2.75, 3.05) is 19.8 Å². The van der Waals surface area contributed by atoms with E-state index in [0.29, 0.717) is 0 Å². The monoisotopic (exact) mass is 269 g/mol. The standard InChI is InChI=1S/C16H31NO2/c1-3-19-16(8-4-13(2)5-9-16)15(17)12-14-6-10-18-11-7-14/h13-15H,3-12,17H2,1-2H3. The summed E-state index contributed by atoms with van der Waals surface area (Å²) in [7, 11) is 0. The highest BCUT2D eigenvalue weighted by molar-refractivity contribution is 4.96. The molecule has 1 saturated carbocycles. The number of ether oxygens (including phenoxy) is 2. The molecule has 2 aliphatic rings. The van der Waals surface area contributed by atoms with E-state index in [0.717, 1.165) is 50.9 Å². The van der Waals surface area contributed by atoms with Crippen LogP contribution in [0.4, 0.5) is 0 Å². The number of rotatable bonds is 5. The van der Waals surface area contributed by atoms with Crippen molar-refractivity contribution in [1.29, 1.82) is 0 Å². The first-order valence-electron chi connectivity index (χ1n) is 8.13. The largest absolute Gasteiger partial charge is 0.381 e. The average Bonchev–Trinajstić information content (AvgIpc) is 2.43. The Kier molecular flexibility index (Phi) is 5.67. The van der Waals surface area contributed by atoms with Gasteiger partial charge in [0, 0.05) is 25.9 Å². The van der Waals surface area contributed by atoms with E-state index in [2.05, 4.69) is 13.8 Å². The van der Waals surface area contributed by atoms with E-state index >= 15 is 0 Å². The summed E-state index contributed by atoms with van der Waals surface area (Å²) in [4.78, 5) is 0. The van der Waals surface area contributed by atoms with Gasteiger partial charge in [0.1, 0.15) is 0 Å². The second-order valence-electron chi connectivity index (χ2n) is 6.58. The molecule has 0 amide bonds. The SMILES string of the molecule is CCOC1(C(N)CC2CCOCC2)CCC(C)CC1. The van der Waals surface area contributed by atoms with Crippen LogP contribution in [0.25, 0.3) is 0 Å². The first kappa shape index (κ1) is 15.3. The molecule has 3 nitrogen and oxygen atoms in total. The predicted octanol–water partition coefficient (Wildman–Crippen LogP) is 3.12. The van der Waals surface area contributed by atoms with Gasteiger partial charge in [-0.05, 0) is 63.7 Å². The van der Waals surface area contributed by atoms with Crippen LogP contribution in [0.15, 0.2) is 0 Å². The fraction of sp³-hybridized carbons (Fsp3) is 1.00. The zero-order valence-electron chi connectivity index (χ0n) is 12.7. The summed E-state index contributed by atoms with van der Waals surface area (Å²) in [5.74, 6) is 1.57. The van der Waals surface area contributed by atoms with Gasteiger partial charge >= 0.3 is 0 Å². The third kappa shape index (κ3) is 3.93. The highest BCUT2D eigenvalue weighted by Crippen LogP contribution is 2.39. The molecular formula is C16H31NO2. The van der Waals surface area contributed by atoms with Crippen molar-refractivity contribution in [2.45, 2.75) is 70.4 Å². The number of nitrogens with two attached hydrogens (primary N) is 1. The minimum atomic E-state index is -0.0421. The summed E-state index contributed by atoms with van der Waals surface area (Å²) >= 11 is 0. The van der Waals surface area contributed by atoms with E-state index < -0.39 is 0 Å². The Hall–Kier alpha value is -0.120. The zero-order valence-corrected chi connectivity index (χ0v) is 12.7. The Morgan fingerprint density at radius 2 is 1.84 bits per heavy atom. The number of hydrogen-bond donors (Lipinski definition) is 1. The summed E-state index contributed by atoms with van der Waals surface area (Å²) in [5, 5.41) is 0. The molecule has 1 atom stereocenters. The van der Waals surface area contributed by atoms with Crippen LogP contribution in [-0.2, 0) is 9.47 Å². The highest BCUT2D eigenvalue weighted by atomic mass is 16.5. The molecule has 0 bridgehead atoms. The molecule has 1 saturated heterocycles. The van der Waals surface area contributed by atoms with Crippen molar-refractivity contribution in [2.24, 2.45) is 17.6 Å². The van der Waals surface area contributed by atoms with Gasteiger partial charge in [0.05, 0.1) is 5.60 Å². The number of hydrogen-bond acceptors (Lipinski definition) is 3. The van der Waals surface area contributed by atoms with E-state index in [-0.39, 0.29) is 11.6 Å². The molecule has 112 valence electrons. The molecule has 0 radical (unpaired) electrons. The minimum absolute atomic E-state index is 0.0421. The third-order valence-electron chi connectivity index (χ3n) is 5.16. The Labute approximate surface area is 118 Å². The Morgan fingerprint density at radius 1 is 1.21 bits per heavy atom.